The minimum Gasteiger partial charge on any atom is -0.299 e. The number of nitrogens with zero attached hydrogens (tertiary/aromatic N) is 2. The normalized spacial score (nSPS) is 24.0. The van der Waals surface area contributed by atoms with Crippen LogP contribution in [0.3, 0.4) is 0 Å². The van der Waals surface area contributed by atoms with Gasteiger partial charge in [-0.25, -0.2) is 0 Å². The minimum absolute atomic E-state index is 0.169. The number of carbonyl (C=O) groups excluding carboxylic acids is 1. The van der Waals surface area contributed by atoms with Crippen molar-refractivity contribution in [2.45, 2.75) is 32.6 Å². The number of Topliss-reactive ketones (excluding diaryl/α,β-unsaturated/α-hetero) is 1. The van der Waals surface area contributed by atoms with Crippen LogP contribution in [0.4, 0.5) is 0 Å². The highest BCUT2D eigenvalue weighted by molar-refractivity contribution is 5.85. The van der Waals surface area contributed by atoms with Gasteiger partial charge >= 0.3 is 0 Å². The molecule has 2 atom stereocenters. The van der Waals surface area contributed by atoms with Crippen molar-refractivity contribution >= 4 is 16.7 Å². The van der Waals surface area contributed by atoms with Crippen molar-refractivity contribution < 1.29 is 4.79 Å². The summed E-state index contributed by atoms with van der Waals surface area (Å²) < 4.78 is 1.92. The van der Waals surface area contributed by atoms with Crippen LogP contribution in [0.15, 0.2) is 24.3 Å². The average molecular weight is 256 g/mol. The van der Waals surface area contributed by atoms with E-state index in [0.717, 1.165) is 36.9 Å². The molecule has 0 amide bonds. The van der Waals surface area contributed by atoms with E-state index < -0.39 is 0 Å². The van der Waals surface area contributed by atoms with Crippen LogP contribution in [-0.2, 0) is 18.3 Å². The van der Waals surface area contributed by atoms with E-state index in [9.17, 15) is 4.79 Å². The van der Waals surface area contributed by atoms with Gasteiger partial charge < -0.3 is 0 Å². The summed E-state index contributed by atoms with van der Waals surface area (Å²) in [6.07, 6.45) is 3.61. The third-order valence-corrected chi connectivity index (χ3v) is 4.30. The standard InChI is InChI=1S/C16H20N2O/c1-11-7-8-16(19)12(9-11)10-14-13-5-3-4-6-15(13)18(2)17-14/h3-6,11-12H,7-10H2,1-2H3. The predicted molar refractivity (Wildman–Crippen MR) is 75.9 cm³/mol. The maximum Gasteiger partial charge on any atom is 0.136 e. The number of carbonyl (C=O) groups is 1. The van der Waals surface area contributed by atoms with Gasteiger partial charge in [-0.05, 0) is 24.8 Å². The van der Waals surface area contributed by atoms with E-state index in [1.807, 2.05) is 23.9 Å². The van der Waals surface area contributed by atoms with Crippen molar-refractivity contribution in [3.05, 3.63) is 30.0 Å². The molecule has 2 aromatic rings. The number of hydrogen-bond acceptors (Lipinski definition) is 2. The monoisotopic (exact) mass is 256 g/mol. The molecular weight excluding hydrogens is 236 g/mol. The van der Waals surface area contributed by atoms with Crippen molar-refractivity contribution in [3.8, 4) is 0 Å². The third kappa shape index (κ3) is 2.29. The first-order chi connectivity index (χ1) is 9.15. The van der Waals surface area contributed by atoms with Gasteiger partial charge in [0.05, 0.1) is 11.2 Å². The maximum absolute atomic E-state index is 12.1. The molecule has 1 aliphatic rings. The number of aromatic nitrogens is 2. The molecule has 0 aliphatic heterocycles. The fraction of sp³-hybridized carbons (Fsp3) is 0.500. The minimum atomic E-state index is 0.169. The molecule has 0 bridgehead atoms. The zero-order valence-electron chi connectivity index (χ0n) is 11.6. The van der Waals surface area contributed by atoms with Crippen LogP contribution in [0, 0.1) is 11.8 Å². The fourth-order valence-corrected chi connectivity index (χ4v) is 3.20. The third-order valence-electron chi connectivity index (χ3n) is 4.30. The first-order valence-corrected chi connectivity index (χ1v) is 7.08. The number of fused-ring (bicyclic) bond motifs is 1. The van der Waals surface area contributed by atoms with Gasteiger partial charge in [0.1, 0.15) is 5.78 Å². The molecule has 1 fully saturated rings. The van der Waals surface area contributed by atoms with Crippen LogP contribution < -0.4 is 0 Å². The number of para-hydroxylation sites is 1. The molecule has 2 unspecified atom stereocenters. The van der Waals surface area contributed by atoms with Crippen LogP contribution >= 0.6 is 0 Å². The molecule has 3 rings (SSSR count). The summed E-state index contributed by atoms with van der Waals surface area (Å²) in [5.74, 6) is 1.26. The summed E-state index contributed by atoms with van der Waals surface area (Å²) >= 11 is 0. The highest BCUT2D eigenvalue weighted by atomic mass is 16.1. The number of benzene rings is 1. The fourth-order valence-electron chi connectivity index (χ4n) is 3.20. The lowest BCUT2D eigenvalue weighted by atomic mass is 9.79. The first-order valence-electron chi connectivity index (χ1n) is 7.08. The summed E-state index contributed by atoms with van der Waals surface area (Å²) in [5.41, 5.74) is 2.22. The van der Waals surface area contributed by atoms with Gasteiger partial charge in [0.15, 0.2) is 0 Å². The Morgan fingerprint density at radius 1 is 1.37 bits per heavy atom. The Hall–Kier alpha value is -1.64. The highest BCUT2D eigenvalue weighted by Gasteiger charge is 2.27. The number of aryl methyl sites for hydroxylation is 1. The number of hydrogen-bond donors (Lipinski definition) is 0. The smallest absolute Gasteiger partial charge is 0.136 e. The van der Waals surface area contributed by atoms with Crippen molar-refractivity contribution in [3.63, 3.8) is 0 Å². The molecular formula is C16H20N2O. The van der Waals surface area contributed by atoms with Crippen LogP contribution in [0.5, 0.6) is 0 Å². The van der Waals surface area contributed by atoms with Gasteiger partial charge in [0.25, 0.3) is 0 Å². The van der Waals surface area contributed by atoms with E-state index >= 15 is 0 Å². The zero-order valence-corrected chi connectivity index (χ0v) is 11.6. The topological polar surface area (TPSA) is 34.9 Å². The molecule has 100 valence electrons. The van der Waals surface area contributed by atoms with Crippen molar-refractivity contribution in [1.29, 1.82) is 0 Å². The Bertz CT molecular complexity index is 614. The van der Waals surface area contributed by atoms with Gasteiger partial charge in [0, 0.05) is 31.2 Å². The van der Waals surface area contributed by atoms with Crippen molar-refractivity contribution in [1.82, 2.24) is 9.78 Å². The van der Waals surface area contributed by atoms with Crippen molar-refractivity contribution in [2.24, 2.45) is 18.9 Å². The van der Waals surface area contributed by atoms with E-state index in [2.05, 4.69) is 24.2 Å². The lowest BCUT2D eigenvalue weighted by Gasteiger charge is -2.24. The Morgan fingerprint density at radius 3 is 3.00 bits per heavy atom. The molecule has 1 heterocycles. The molecule has 1 saturated carbocycles. The van der Waals surface area contributed by atoms with Gasteiger partial charge in [-0.3, -0.25) is 9.48 Å². The number of ketones is 1. The van der Waals surface area contributed by atoms with Gasteiger partial charge in [-0.15, -0.1) is 0 Å². The Labute approximate surface area is 113 Å². The van der Waals surface area contributed by atoms with E-state index in [0.29, 0.717) is 11.7 Å². The van der Waals surface area contributed by atoms with Gasteiger partial charge in [0.2, 0.25) is 0 Å². The van der Waals surface area contributed by atoms with Crippen molar-refractivity contribution in [2.75, 3.05) is 0 Å². The molecule has 0 radical (unpaired) electrons. The lowest BCUT2D eigenvalue weighted by Crippen LogP contribution is -2.25. The van der Waals surface area contributed by atoms with Crippen LogP contribution in [0.2, 0.25) is 0 Å². The van der Waals surface area contributed by atoms with Crippen LogP contribution in [0.1, 0.15) is 31.9 Å². The molecule has 1 aromatic carbocycles. The zero-order chi connectivity index (χ0) is 13.4. The largest absolute Gasteiger partial charge is 0.299 e. The predicted octanol–water partition coefficient (Wildman–Crippen LogP) is 3.12. The van der Waals surface area contributed by atoms with Crippen LogP contribution in [-0.4, -0.2) is 15.6 Å². The molecule has 0 N–H and O–H groups in total. The average Bonchev–Trinajstić information content (AvgIpc) is 2.72. The summed E-state index contributed by atoms with van der Waals surface area (Å²) in [6.45, 7) is 2.25. The molecule has 1 aliphatic carbocycles. The first kappa shape index (κ1) is 12.4. The second-order valence-corrected chi connectivity index (χ2v) is 5.83. The Morgan fingerprint density at radius 2 is 2.16 bits per heavy atom. The quantitative estimate of drug-likeness (QED) is 0.827. The van der Waals surface area contributed by atoms with E-state index in [1.165, 1.54) is 5.39 Å². The van der Waals surface area contributed by atoms with Crippen LogP contribution in [0.25, 0.3) is 10.9 Å². The Kier molecular flexibility index (Phi) is 3.13. The molecule has 1 aromatic heterocycles. The maximum atomic E-state index is 12.1. The Balaban J connectivity index is 1.91. The highest BCUT2D eigenvalue weighted by Crippen LogP contribution is 2.30. The SMILES string of the molecule is CC1CCC(=O)C(Cc2nn(C)c3ccccc23)C1. The van der Waals surface area contributed by atoms with E-state index in [1.54, 1.807) is 0 Å². The summed E-state index contributed by atoms with van der Waals surface area (Å²) in [7, 11) is 1.97. The molecule has 19 heavy (non-hydrogen) atoms. The second-order valence-electron chi connectivity index (χ2n) is 5.83. The van der Waals surface area contributed by atoms with Gasteiger partial charge in [-0.2, -0.15) is 5.10 Å². The van der Waals surface area contributed by atoms with E-state index in [-0.39, 0.29) is 5.92 Å². The molecule has 0 spiro atoms. The summed E-state index contributed by atoms with van der Waals surface area (Å²) in [6, 6.07) is 8.26. The molecule has 3 nitrogen and oxygen atoms in total. The summed E-state index contributed by atoms with van der Waals surface area (Å²) in [4.78, 5) is 12.1. The second kappa shape index (κ2) is 4.80. The lowest BCUT2D eigenvalue weighted by molar-refractivity contribution is -0.125. The number of rotatable bonds is 2. The molecule has 0 saturated heterocycles. The summed E-state index contributed by atoms with van der Waals surface area (Å²) in [5, 5.41) is 5.80. The molecule has 3 heteroatoms. The van der Waals surface area contributed by atoms with E-state index in [4.69, 9.17) is 0 Å². The van der Waals surface area contributed by atoms with Gasteiger partial charge in [-0.1, -0.05) is 25.1 Å².